The van der Waals surface area contributed by atoms with Crippen LogP contribution in [-0.2, 0) is 14.4 Å². The molecule has 2 fully saturated rings. The molecule has 0 atom stereocenters. The van der Waals surface area contributed by atoms with Crippen LogP contribution in [0.1, 0.15) is 25.7 Å². The molecule has 2 heterocycles. The molecule has 0 aromatic carbocycles. The van der Waals surface area contributed by atoms with Gasteiger partial charge in [-0.25, -0.2) is 0 Å². The first-order chi connectivity index (χ1) is 10.1. The minimum absolute atomic E-state index is 0.108. The summed E-state index contributed by atoms with van der Waals surface area (Å²) in [6.45, 7) is 1.46. The highest BCUT2D eigenvalue weighted by Crippen LogP contribution is 2.17. The first kappa shape index (κ1) is 15.8. The number of nitrogens with zero attached hydrogens (tertiary/aromatic N) is 2. The van der Waals surface area contributed by atoms with Crippen LogP contribution in [0.2, 0.25) is 0 Å². The van der Waals surface area contributed by atoms with Gasteiger partial charge in [-0.05, 0) is 12.8 Å². The minimum atomic E-state index is -0.663. The molecule has 2 aliphatic heterocycles. The number of imide groups is 1. The Balaban J connectivity index is 1.74. The minimum Gasteiger partial charge on any atom is -0.346 e. The molecule has 0 bridgehead atoms. The van der Waals surface area contributed by atoms with Crippen molar-refractivity contribution in [1.82, 2.24) is 15.1 Å². The lowest BCUT2D eigenvalue weighted by molar-refractivity contribution is -0.145. The molecule has 1 N–H and O–H groups in total. The molecule has 0 aromatic heterocycles. The van der Waals surface area contributed by atoms with Crippen molar-refractivity contribution >= 4 is 34.7 Å². The maximum Gasteiger partial charge on any atom is 0.311 e. The van der Waals surface area contributed by atoms with Gasteiger partial charge >= 0.3 is 11.8 Å². The van der Waals surface area contributed by atoms with Crippen molar-refractivity contribution in [2.24, 2.45) is 0 Å². The molecule has 2 rings (SSSR count). The summed E-state index contributed by atoms with van der Waals surface area (Å²) in [6, 6.07) is 0. The number of amides is 4. The van der Waals surface area contributed by atoms with Crippen LogP contribution in [-0.4, -0.2) is 64.7 Å². The van der Waals surface area contributed by atoms with Gasteiger partial charge in [0.15, 0.2) is 0 Å². The van der Waals surface area contributed by atoms with E-state index in [1.807, 2.05) is 0 Å². The number of thioether (sulfide) groups is 1. The molecular weight excluding hydrogens is 294 g/mol. The third-order valence-corrected chi connectivity index (χ3v) is 4.41. The summed E-state index contributed by atoms with van der Waals surface area (Å²) in [5.74, 6) is -1.29. The third-order valence-electron chi connectivity index (χ3n) is 3.55. The molecule has 2 saturated heterocycles. The molecule has 0 unspecified atom stereocenters. The van der Waals surface area contributed by atoms with Crippen LogP contribution in [0.3, 0.4) is 0 Å². The number of carbonyl (C=O) groups excluding carboxylic acids is 4. The molecule has 0 aliphatic carbocycles. The quantitative estimate of drug-likeness (QED) is 0.752. The maximum absolute atomic E-state index is 12.0. The molecule has 7 nitrogen and oxygen atoms in total. The van der Waals surface area contributed by atoms with Gasteiger partial charge in [-0.2, -0.15) is 0 Å². The van der Waals surface area contributed by atoms with Gasteiger partial charge in [0.2, 0.25) is 5.91 Å². The highest BCUT2D eigenvalue weighted by atomic mass is 32.2. The van der Waals surface area contributed by atoms with E-state index < -0.39 is 11.8 Å². The largest absolute Gasteiger partial charge is 0.346 e. The fraction of sp³-hybridized carbons (Fsp3) is 0.692. The summed E-state index contributed by atoms with van der Waals surface area (Å²) in [7, 11) is 0. The number of carbonyl (C=O) groups is 4. The monoisotopic (exact) mass is 313 g/mol. The van der Waals surface area contributed by atoms with Crippen molar-refractivity contribution < 1.29 is 19.2 Å². The molecule has 0 radical (unpaired) electrons. The van der Waals surface area contributed by atoms with Crippen LogP contribution in [0.4, 0.5) is 4.79 Å². The van der Waals surface area contributed by atoms with Crippen LogP contribution in [0.15, 0.2) is 0 Å². The van der Waals surface area contributed by atoms with E-state index in [1.165, 1.54) is 0 Å². The lowest BCUT2D eigenvalue weighted by Gasteiger charge is -2.20. The lowest BCUT2D eigenvalue weighted by atomic mass is 10.2. The van der Waals surface area contributed by atoms with Crippen LogP contribution >= 0.6 is 11.8 Å². The van der Waals surface area contributed by atoms with Crippen LogP contribution < -0.4 is 5.32 Å². The van der Waals surface area contributed by atoms with Crippen LogP contribution in [0.5, 0.6) is 0 Å². The van der Waals surface area contributed by atoms with Crippen molar-refractivity contribution in [2.75, 3.05) is 31.9 Å². The average molecular weight is 313 g/mol. The highest BCUT2D eigenvalue weighted by Gasteiger charge is 2.29. The predicted octanol–water partition coefficient (Wildman–Crippen LogP) is 0.201. The second-order valence-electron chi connectivity index (χ2n) is 5.06. The number of likely N-dealkylation sites (tertiary alicyclic amines) is 1. The van der Waals surface area contributed by atoms with Gasteiger partial charge in [-0.1, -0.05) is 24.6 Å². The van der Waals surface area contributed by atoms with Crippen molar-refractivity contribution in [3.05, 3.63) is 0 Å². The van der Waals surface area contributed by atoms with Crippen molar-refractivity contribution in [1.29, 1.82) is 0 Å². The predicted molar refractivity (Wildman–Crippen MR) is 77.6 cm³/mol. The zero-order chi connectivity index (χ0) is 15.2. The fourth-order valence-corrected chi connectivity index (χ4v) is 3.12. The molecule has 21 heavy (non-hydrogen) atoms. The molecule has 0 spiro atoms. The Kier molecular flexibility index (Phi) is 5.60. The first-order valence-electron chi connectivity index (χ1n) is 7.14. The van der Waals surface area contributed by atoms with E-state index >= 15 is 0 Å². The summed E-state index contributed by atoms with van der Waals surface area (Å²) < 4.78 is 0. The highest BCUT2D eigenvalue weighted by molar-refractivity contribution is 8.14. The van der Waals surface area contributed by atoms with Gasteiger partial charge < -0.3 is 10.2 Å². The van der Waals surface area contributed by atoms with Crippen molar-refractivity contribution in [3.63, 3.8) is 0 Å². The van der Waals surface area contributed by atoms with Gasteiger partial charge in [0, 0.05) is 26.2 Å². The Morgan fingerprint density at radius 2 is 1.76 bits per heavy atom. The van der Waals surface area contributed by atoms with E-state index in [4.69, 9.17) is 0 Å². The van der Waals surface area contributed by atoms with Crippen molar-refractivity contribution in [2.45, 2.75) is 25.7 Å². The normalized spacial score (nSPS) is 19.6. The number of hydrogen-bond donors (Lipinski definition) is 1. The molecule has 2 aliphatic rings. The van der Waals surface area contributed by atoms with E-state index in [0.29, 0.717) is 13.1 Å². The topological polar surface area (TPSA) is 86.8 Å². The Morgan fingerprint density at radius 3 is 2.33 bits per heavy atom. The van der Waals surface area contributed by atoms with Gasteiger partial charge in [-0.3, -0.25) is 24.1 Å². The molecule has 0 saturated carbocycles. The molecular formula is C13H19N3O4S. The SMILES string of the molecule is O=C(NCCN1C(=O)CSC1=O)C(=O)N1CCCCCC1. The molecule has 4 amide bonds. The van der Waals surface area contributed by atoms with Gasteiger partial charge in [0.05, 0.1) is 5.75 Å². The summed E-state index contributed by atoms with van der Waals surface area (Å²) in [4.78, 5) is 49.2. The molecule has 0 aromatic rings. The zero-order valence-electron chi connectivity index (χ0n) is 11.8. The first-order valence-corrected chi connectivity index (χ1v) is 8.12. The summed E-state index contributed by atoms with van der Waals surface area (Å²) in [6.07, 6.45) is 4.02. The van der Waals surface area contributed by atoms with Crippen molar-refractivity contribution in [3.8, 4) is 0 Å². The summed E-state index contributed by atoms with van der Waals surface area (Å²) >= 11 is 0.953. The standard InChI is InChI=1S/C13H19N3O4S/c17-10-9-21-13(20)16(10)8-5-14-11(18)12(19)15-6-3-1-2-4-7-15/h1-9H2,(H,14,18). The van der Waals surface area contributed by atoms with Gasteiger partial charge in [0.1, 0.15) is 0 Å². The van der Waals surface area contributed by atoms with E-state index in [-0.39, 0.29) is 30.0 Å². The summed E-state index contributed by atoms with van der Waals surface area (Å²) in [5.41, 5.74) is 0. The molecule has 8 heteroatoms. The molecule has 116 valence electrons. The average Bonchev–Trinajstić information content (AvgIpc) is 2.71. The fourth-order valence-electron chi connectivity index (χ4n) is 2.37. The maximum atomic E-state index is 12.0. The van der Waals surface area contributed by atoms with Crippen LogP contribution in [0, 0.1) is 0 Å². The third kappa shape index (κ3) is 4.20. The van der Waals surface area contributed by atoms with Crippen LogP contribution in [0.25, 0.3) is 0 Å². The smallest absolute Gasteiger partial charge is 0.311 e. The summed E-state index contributed by atoms with van der Waals surface area (Å²) in [5, 5.41) is 2.18. The van der Waals surface area contributed by atoms with E-state index in [9.17, 15) is 19.2 Å². The number of hydrogen-bond acceptors (Lipinski definition) is 5. The Hall–Kier alpha value is -1.57. The van der Waals surface area contributed by atoms with Gasteiger partial charge in [0.25, 0.3) is 5.24 Å². The Morgan fingerprint density at radius 1 is 1.10 bits per heavy atom. The zero-order valence-corrected chi connectivity index (χ0v) is 12.6. The van der Waals surface area contributed by atoms with Gasteiger partial charge in [-0.15, -0.1) is 0 Å². The number of nitrogens with one attached hydrogen (secondary N) is 1. The Bertz CT molecular complexity index is 431. The van der Waals surface area contributed by atoms with E-state index in [1.54, 1.807) is 4.90 Å². The number of rotatable bonds is 3. The van der Waals surface area contributed by atoms with E-state index in [0.717, 1.165) is 42.3 Å². The van der Waals surface area contributed by atoms with E-state index in [2.05, 4.69) is 5.32 Å². The Labute approximate surface area is 127 Å². The lowest BCUT2D eigenvalue weighted by Crippen LogP contribution is -2.45. The second-order valence-corrected chi connectivity index (χ2v) is 5.99. The second kappa shape index (κ2) is 7.44.